The summed E-state index contributed by atoms with van der Waals surface area (Å²) in [6, 6.07) is 3.49. The lowest BCUT2D eigenvalue weighted by molar-refractivity contribution is -0.131. The summed E-state index contributed by atoms with van der Waals surface area (Å²) in [6.45, 7) is 0.704. The molecule has 0 bridgehead atoms. The molecule has 2 atom stereocenters. The van der Waals surface area contributed by atoms with E-state index in [2.05, 4.69) is 15.6 Å². The van der Waals surface area contributed by atoms with Crippen LogP contribution in [0.4, 0.5) is 5.69 Å². The minimum absolute atomic E-state index is 0.0328. The van der Waals surface area contributed by atoms with Gasteiger partial charge in [-0.2, -0.15) is 0 Å². The van der Waals surface area contributed by atoms with Crippen LogP contribution in [0, 0.1) is 0 Å². The molecule has 1 aliphatic rings. The molecule has 1 aromatic heterocycles. The normalized spacial score (nSPS) is 21.0. The molecule has 114 valence electrons. The minimum Gasteiger partial charge on any atom is -0.364 e. The van der Waals surface area contributed by atoms with Crippen molar-refractivity contribution in [2.45, 2.75) is 31.5 Å². The van der Waals surface area contributed by atoms with Gasteiger partial charge in [-0.05, 0) is 25.0 Å². The molecule has 7 heteroatoms. The van der Waals surface area contributed by atoms with Gasteiger partial charge in [-0.25, -0.2) is 0 Å². The van der Waals surface area contributed by atoms with Crippen LogP contribution in [0.5, 0.6) is 0 Å². The van der Waals surface area contributed by atoms with Crippen LogP contribution in [0.15, 0.2) is 24.5 Å². The Hall–Kier alpha value is -1.99. The fourth-order valence-corrected chi connectivity index (χ4v) is 2.15. The molecule has 1 fully saturated rings. The highest BCUT2D eigenvalue weighted by molar-refractivity contribution is 5.91. The van der Waals surface area contributed by atoms with E-state index in [1.807, 2.05) is 0 Å². The first-order valence-corrected chi connectivity index (χ1v) is 7.02. The van der Waals surface area contributed by atoms with Crippen molar-refractivity contribution in [3.8, 4) is 0 Å². The molecule has 21 heavy (non-hydrogen) atoms. The van der Waals surface area contributed by atoms with Gasteiger partial charge in [-0.3, -0.25) is 14.6 Å². The number of nitrogens with one attached hydrogen (secondary N) is 2. The molecule has 1 aliphatic heterocycles. The van der Waals surface area contributed by atoms with Crippen LogP contribution in [0.25, 0.3) is 0 Å². The third kappa shape index (κ3) is 4.80. The molecule has 1 saturated heterocycles. The summed E-state index contributed by atoms with van der Waals surface area (Å²) < 4.78 is 5.48. The van der Waals surface area contributed by atoms with Gasteiger partial charge in [0, 0.05) is 25.7 Å². The van der Waals surface area contributed by atoms with E-state index in [1.54, 1.807) is 24.5 Å². The molecule has 0 spiro atoms. The maximum Gasteiger partial charge on any atom is 0.249 e. The summed E-state index contributed by atoms with van der Waals surface area (Å²) in [7, 11) is 0. The SMILES string of the molecule is NC[C@H]1CC[C@@H](C(=O)NCCC(=O)Nc2cccnc2)O1. The number of ether oxygens (including phenoxy) is 1. The second-order valence-electron chi connectivity index (χ2n) is 4.89. The van der Waals surface area contributed by atoms with Crippen LogP contribution >= 0.6 is 0 Å². The second-order valence-corrected chi connectivity index (χ2v) is 4.89. The van der Waals surface area contributed by atoms with Gasteiger partial charge >= 0.3 is 0 Å². The summed E-state index contributed by atoms with van der Waals surface area (Å²) >= 11 is 0. The number of aromatic nitrogens is 1. The van der Waals surface area contributed by atoms with Gasteiger partial charge in [0.25, 0.3) is 0 Å². The summed E-state index contributed by atoms with van der Waals surface area (Å²) in [5.74, 6) is -0.351. The molecule has 0 unspecified atom stereocenters. The lowest BCUT2D eigenvalue weighted by Gasteiger charge is -2.12. The Bertz CT molecular complexity index is 480. The van der Waals surface area contributed by atoms with E-state index in [0.29, 0.717) is 18.7 Å². The maximum atomic E-state index is 11.8. The van der Waals surface area contributed by atoms with Crippen LogP contribution in [-0.4, -0.2) is 42.1 Å². The Balaban J connectivity index is 1.65. The van der Waals surface area contributed by atoms with Gasteiger partial charge in [0.05, 0.1) is 18.0 Å². The smallest absolute Gasteiger partial charge is 0.249 e. The lowest BCUT2D eigenvalue weighted by atomic mass is 10.2. The van der Waals surface area contributed by atoms with Crippen molar-refractivity contribution in [2.75, 3.05) is 18.4 Å². The van der Waals surface area contributed by atoms with Crippen molar-refractivity contribution in [1.29, 1.82) is 0 Å². The topological polar surface area (TPSA) is 106 Å². The molecule has 4 N–H and O–H groups in total. The highest BCUT2D eigenvalue weighted by atomic mass is 16.5. The summed E-state index contributed by atoms with van der Waals surface area (Å²) in [6.07, 6.45) is 4.40. The predicted molar refractivity (Wildman–Crippen MR) is 77.4 cm³/mol. The van der Waals surface area contributed by atoms with Gasteiger partial charge < -0.3 is 21.1 Å². The number of pyridine rings is 1. The highest BCUT2D eigenvalue weighted by Gasteiger charge is 2.29. The first-order valence-electron chi connectivity index (χ1n) is 7.02. The fraction of sp³-hybridized carbons (Fsp3) is 0.500. The van der Waals surface area contributed by atoms with E-state index in [-0.39, 0.29) is 30.9 Å². The van der Waals surface area contributed by atoms with Crippen molar-refractivity contribution >= 4 is 17.5 Å². The monoisotopic (exact) mass is 292 g/mol. The zero-order valence-corrected chi connectivity index (χ0v) is 11.7. The van der Waals surface area contributed by atoms with Crippen LogP contribution in [0.3, 0.4) is 0 Å². The summed E-state index contributed by atoms with van der Waals surface area (Å²) in [5.41, 5.74) is 6.13. The zero-order valence-electron chi connectivity index (χ0n) is 11.7. The van der Waals surface area contributed by atoms with Crippen LogP contribution in [0.2, 0.25) is 0 Å². The summed E-state index contributed by atoms with van der Waals surface area (Å²) in [5, 5.41) is 5.41. The number of nitrogens with zero attached hydrogens (tertiary/aromatic N) is 1. The van der Waals surface area contributed by atoms with Crippen LogP contribution in [-0.2, 0) is 14.3 Å². The van der Waals surface area contributed by atoms with E-state index < -0.39 is 6.10 Å². The Morgan fingerprint density at radius 1 is 1.43 bits per heavy atom. The zero-order chi connectivity index (χ0) is 15.1. The Kier molecular flexibility index (Phi) is 5.65. The quantitative estimate of drug-likeness (QED) is 0.686. The molecule has 2 amide bonds. The molecular weight excluding hydrogens is 272 g/mol. The number of hydrogen-bond acceptors (Lipinski definition) is 5. The number of amides is 2. The third-order valence-electron chi connectivity index (χ3n) is 3.26. The molecule has 0 aromatic carbocycles. The predicted octanol–water partition coefficient (Wildman–Crippen LogP) is 0.0327. The molecule has 0 saturated carbocycles. The van der Waals surface area contributed by atoms with Crippen molar-refractivity contribution in [3.05, 3.63) is 24.5 Å². The molecule has 2 rings (SSSR count). The van der Waals surface area contributed by atoms with Gasteiger partial charge in [-0.15, -0.1) is 0 Å². The van der Waals surface area contributed by atoms with Crippen molar-refractivity contribution in [2.24, 2.45) is 5.73 Å². The maximum absolute atomic E-state index is 11.8. The number of anilines is 1. The number of carbonyl (C=O) groups excluding carboxylic acids is 2. The molecule has 7 nitrogen and oxygen atoms in total. The minimum atomic E-state index is -0.445. The Morgan fingerprint density at radius 2 is 2.29 bits per heavy atom. The van der Waals surface area contributed by atoms with Crippen LogP contribution in [0.1, 0.15) is 19.3 Å². The van der Waals surface area contributed by atoms with Gasteiger partial charge in [-0.1, -0.05) is 0 Å². The molecule has 1 aromatic rings. The molecule has 0 aliphatic carbocycles. The first kappa shape index (κ1) is 15.4. The highest BCUT2D eigenvalue weighted by Crippen LogP contribution is 2.18. The number of rotatable bonds is 6. The van der Waals surface area contributed by atoms with Crippen molar-refractivity contribution in [3.63, 3.8) is 0 Å². The number of hydrogen-bond donors (Lipinski definition) is 3. The van der Waals surface area contributed by atoms with Gasteiger partial charge in [0.15, 0.2) is 0 Å². The Morgan fingerprint density at radius 3 is 2.95 bits per heavy atom. The third-order valence-corrected chi connectivity index (χ3v) is 3.26. The van der Waals surface area contributed by atoms with E-state index in [9.17, 15) is 9.59 Å². The molecule has 0 radical (unpaired) electrons. The van der Waals surface area contributed by atoms with Crippen molar-refractivity contribution < 1.29 is 14.3 Å². The lowest BCUT2D eigenvalue weighted by Crippen LogP contribution is -2.37. The van der Waals surface area contributed by atoms with Crippen molar-refractivity contribution in [1.82, 2.24) is 10.3 Å². The molecular formula is C14H20N4O3. The standard InChI is InChI=1S/C14H20N4O3/c15-8-11-3-4-12(21-11)14(20)17-7-5-13(19)18-10-2-1-6-16-9-10/h1-2,6,9,11-12H,3-5,7-8,15H2,(H,17,20)(H,18,19)/t11-,12+/m1/s1. The van der Waals surface area contributed by atoms with Gasteiger partial charge in [0.2, 0.25) is 11.8 Å². The number of carbonyl (C=O) groups is 2. The summed E-state index contributed by atoms with van der Waals surface area (Å²) in [4.78, 5) is 27.4. The first-order chi connectivity index (χ1) is 10.2. The van der Waals surface area contributed by atoms with Gasteiger partial charge in [0.1, 0.15) is 6.10 Å². The van der Waals surface area contributed by atoms with E-state index >= 15 is 0 Å². The largest absolute Gasteiger partial charge is 0.364 e. The average molecular weight is 292 g/mol. The fourth-order valence-electron chi connectivity index (χ4n) is 2.15. The number of nitrogens with two attached hydrogens (primary N) is 1. The Labute approximate surface area is 123 Å². The second kappa shape index (κ2) is 7.70. The van der Waals surface area contributed by atoms with E-state index in [1.165, 1.54) is 0 Å². The van der Waals surface area contributed by atoms with E-state index in [4.69, 9.17) is 10.5 Å². The van der Waals surface area contributed by atoms with E-state index in [0.717, 1.165) is 6.42 Å². The molecule has 2 heterocycles. The average Bonchev–Trinajstić information content (AvgIpc) is 2.97. The van der Waals surface area contributed by atoms with Crippen LogP contribution < -0.4 is 16.4 Å².